The Kier molecular flexibility index (Phi) is 7.35. The highest BCUT2D eigenvalue weighted by molar-refractivity contribution is 5.68. The summed E-state index contributed by atoms with van der Waals surface area (Å²) in [5.74, 6) is -0.784. The molecule has 0 bridgehead atoms. The number of aliphatic carboxylic acids is 1. The second-order valence-corrected chi connectivity index (χ2v) is 2.60. The van der Waals surface area contributed by atoms with Crippen molar-refractivity contribution in [1.82, 2.24) is 0 Å². The van der Waals surface area contributed by atoms with E-state index in [-0.39, 0.29) is 6.42 Å². The van der Waals surface area contributed by atoms with Crippen LogP contribution in [0.1, 0.15) is 32.6 Å². The minimum atomic E-state index is -0.784. The number of carboxylic acid groups (broad SMARTS) is 1. The zero-order valence-corrected chi connectivity index (χ0v) is 7.49. The lowest BCUT2D eigenvalue weighted by atomic mass is 10.2. The van der Waals surface area contributed by atoms with Gasteiger partial charge in [-0.05, 0) is 6.42 Å². The normalized spacial score (nSPS) is 11.4. The number of allylic oxidation sites excluding steroid dienone is 3. The first-order valence-electron chi connectivity index (χ1n) is 4.30. The fourth-order valence-corrected chi connectivity index (χ4v) is 0.744. The molecule has 0 aromatic rings. The number of hydrogen-bond donors (Lipinski definition) is 1. The lowest BCUT2D eigenvalue weighted by molar-refractivity contribution is -0.135. The molecule has 0 atom stereocenters. The van der Waals surface area contributed by atoms with Crippen molar-refractivity contribution >= 4 is 5.97 Å². The van der Waals surface area contributed by atoms with E-state index in [1.54, 1.807) is 12.2 Å². The first kappa shape index (κ1) is 11.0. The van der Waals surface area contributed by atoms with Crippen molar-refractivity contribution in [1.29, 1.82) is 0 Å². The third-order valence-corrected chi connectivity index (χ3v) is 1.40. The second kappa shape index (κ2) is 8.05. The van der Waals surface area contributed by atoms with Crippen LogP contribution in [0.4, 0.5) is 0 Å². The molecule has 0 spiro atoms. The summed E-state index contributed by atoms with van der Waals surface area (Å²) in [6, 6.07) is 0. The molecular formula is C10H16O2. The van der Waals surface area contributed by atoms with Crippen LogP contribution in [0, 0.1) is 0 Å². The minimum Gasteiger partial charge on any atom is -0.481 e. The predicted molar refractivity (Wildman–Crippen MR) is 50.1 cm³/mol. The van der Waals surface area contributed by atoms with Crippen molar-refractivity contribution < 1.29 is 9.90 Å². The molecule has 0 radical (unpaired) electrons. The van der Waals surface area contributed by atoms with Crippen molar-refractivity contribution in [3.8, 4) is 0 Å². The minimum absolute atomic E-state index is 0.109. The zero-order chi connectivity index (χ0) is 9.23. The first-order valence-corrected chi connectivity index (χ1v) is 4.30. The Bertz CT molecular complexity index is 169. The van der Waals surface area contributed by atoms with Crippen molar-refractivity contribution in [3.63, 3.8) is 0 Å². The third kappa shape index (κ3) is 8.95. The Morgan fingerprint density at radius 2 is 2.00 bits per heavy atom. The summed E-state index contributed by atoms with van der Waals surface area (Å²) in [6.07, 6.45) is 11.0. The fourth-order valence-electron chi connectivity index (χ4n) is 0.744. The standard InChI is InChI=1S/C10H16O2/c1-2-3-4-5-6-7-8-9-10(11)12/h5-8H,2-4,9H2,1H3,(H,11,12)/b6-5-,8-7+. The van der Waals surface area contributed by atoms with Gasteiger partial charge in [-0.3, -0.25) is 4.79 Å². The van der Waals surface area contributed by atoms with Crippen LogP contribution in [0.2, 0.25) is 0 Å². The molecule has 0 aliphatic rings. The predicted octanol–water partition coefficient (Wildman–Crippen LogP) is 2.76. The van der Waals surface area contributed by atoms with Crippen molar-refractivity contribution in [2.45, 2.75) is 32.6 Å². The van der Waals surface area contributed by atoms with Gasteiger partial charge in [-0.1, -0.05) is 44.1 Å². The Morgan fingerprint density at radius 3 is 2.58 bits per heavy atom. The average Bonchev–Trinajstić information content (AvgIpc) is 2.02. The highest BCUT2D eigenvalue weighted by atomic mass is 16.4. The van der Waals surface area contributed by atoms with Gasteiger partial charge in [-0.15, -0.1) is 0 Å². The molecule has 0 aromatic heterocycles. The van der Waals surface area contributed by atoms with E-state index >= 15 is 0 Å². The van der Waals surface area contributed by atoms with Gasteiger partial charge in [0.05, 0.1) is 6.42 Å². The molecule has 0 aromatic carbocycles. The molecule has 0 saturated heterocycles. The van der Waals surface area contributed by atoms with Crippen LogP contribution in [0.5, 0.6) is 0 Å². The zero-order valence-electron chi connectivity index (χ0n) is 7.49. The molecule has 0 aliphatic heterocycles. The molecule has 0 aliphatic carbocycles. The highest BCUT2D eigenvalue weighted by Crippen LogP contribution is 1.95. The summed E-state index contributed by atoms with van der Waals surface area (Å²) in [4.78, 5) is 10.1. The molecule has 12 heavy (non-hydrogen) atoms. The van der Waals surface area contributed by atoms with Gasteiger partial charge in [0.15, 0.2) is 0 Å². The highest BCUT2D eigenvalue weighted by Gasteiger charge is 1.86. The fraction of sp³-hybridized carbons (Fsp3) is 0.500. The van der Waals surface area contributed by atoms with Gasteiger partial charge >= 0.3 is 5.97 Å². The SMILES string of the molecule is CCCC/C=C\C=C\CC(=O)O. The molecule has 0 amide bonds. The summed E-state index contributed by atoms with van der Waals surface area (Å²) in [5, 5.41) is 8.28. The number of carbonyl (C=O) groups is 1. The Morgan fingerprint density at radius 1 is 1.33 bits per heavy atom. The van der Waals surface area contributed by atoms with E-state index in [1.165, 1.54) is 12.8 Å². The van der Waals surface area contributed by atoms with Crippen LogP contribution in [0.3, 0.4) is 0 Å². The molecule has 0 heterocycles. The second-order valence-electron chi connectivity index (χ2n) is 2.60. The van der Waals surface area contributed by atoms with Crippen molar-refractivity contribution in [2.75, 3.05) is 0 Å². The molecule has 0 unspecified atom stereocenters. The molecule has 2 nitrogen and oxygen atoms in total. The molecule has 2 heteroatoms. The third-order valence-electron chi connectivity index (χ3n) is 1.40. The van der Waals surface area contributed by atoms with E-state index in [0.29, 0.717) is 0 Å². The van der Waals surface area contributed by atoms with Crippen LogP contribution in [-0.4, -0.2) is 11.1 Å². The van der Waals surface area contributed by atoms with Crippen molar-refractivity contribution in [2.24, 2.45) is 0 Å². The Labute approximate surface area is 73.6 Å². The smallest absolute Gasteiger partial charge is 0.307 e. The largest absolute Gasteiger partial charge is 0.481 e. The van der Waals surface area contributed by atoms with E-state index < -0.39 is 5.97 Å². The summed E-state index contributed by atoms with van der Waals surface area (Å²) in [5.41, 5.74) is 0. The van der Waals surface area contributed by atoms with Gasteiger partial charge in [0, 0.05) is 0 Å². The molecular weight excluding hydrogens is 152 g/mol. The molecule has 0 fully saturated rings. The number of carboxylic acids is 1. The molecule has 0 rings (SSSR count). The molecule has 0 saturated carbocycles. The van der Waals surface area contributed by atoms with E-state index in [4.69, 9.17) is 5.11 Å². The van der Waals surface area contributed by atoms with E-state index in [9.17, 15) is 4.79 Å². The van der Waals surface area contributed by atoms with Crippen LogP contribution >= 0.6 is 0 Å². The number of unbranched alkanes of at least 4 members (excludes halogenated alkanes) is 2. The summed E-state index contributed by atoms with van der Waals surface area (Å²) in [7, 11) is 0. The maximum absolute atomic E-state index is 10.1. The lowest BCUT2D eigenvalue weighted by Crippen LogP contribution is -1.89. The van der Waals surface area contributed by atoms with E-state index in [0.717, 1.165) is 6.42 Å². The monoisotopic (exact) mass is 168 g/mol. The van der Waals surface area contributed by atoms with Gasteiger partial charge in [0.1, 0.15) is 0 Å². The quantitative estimate of drug-likeness (QED) is 0.489. The van der Waals surface area contributed by atoms with Gasteiger partial charge in [-0.2, -0.15) is 0 Å². The maximum Gasteiger partial charge on any atom is 0.307 e. The summed E-state index contributed by atoms with van der Waals surface area (Å²) in [6.45, 7) is 2.15. The van der Waals surface area contributed by atoms with E-state index in [1.807, 2.05) is 6.08 Å². The van der Waals surface area contributed by atoms with Crippen molar-refractivity contribution in [3.05, 3.63) is 24.3 Å². The molecule has 1 N–H and O–H groups in total. The van der Waals surface area contributed by atoms with Crippen LogP contribution < -0.4 is 0 Å². The van der Waals surface area contributed by atoms with Gasteiger partial charge in [-0.25, -0.2) is 0 Å². The Balaban J connectivity index is 3.33. The number of rotatable bonds is 6. The summed E-state index contributed by atoms with van der Waals surface area (Å²) >= 11 is 0. The van der Waals surface area contributed by atoms with E-state index in [2.05, 4.69) is 13.0 Å². The van der Waals surface area contributed by atoms with Crippen LogP contribution in [-0.2, 0) is 4.79 Å². The Hall–Kier alpha value is -1.05. The topological polar surface area (TPSA) is 37.3 Å². The first-order chi connectivity index (χ1) is 5.77. The van der Waals surface area contributed by atoms with Crippen LogP contribution in [0.25, 0.3) is 0 Å². The van der Waals surface area contributed by atoms with Gasteiger partial charge < -0.3 is 5.11 Å². The maximum atomic E-state index is 10.1. The van der Waals surface area contributed by atoms with Gasteiger partial charge in [0.25, 0.3) is 0 Å². The lowest BCUT2D eigenvalue weighted by Gasteiger charge is -1.85. The van der Waals surface area contributed by atoms with Gasteiger partial charge in [0.2, 0.25) is 0 Å². The summed E-state index contributed by atoms with van der Waals surface area (Å²) < 4.78 is 0. The number of hydrogen-bond acceptors (Lipinski definition) is 1. The van der Waals surface area contributed by atoms with Crippen LogP contribution in [0.15, 0.2) is 24.3 Å². The average molecular weight is 168 g/mol. The molecule has 68 valence electrons.